The molecule has 0 unspecified atom stereocenters. The molecular weight excluding hydrogens is 524 g/mol. The van der Waals surface area contributed by atoms with Gasteiger partial charge in [0.25, 0.3) is 0 Å². The first-order chi connectivity index (χ1) is 19.1. The number of anilines is 6. The van der Waals surface area contributed by atoms with Crippen LogP contribution in [-0.4, -0.2) is 35.0 Å². The molecule has 0 spiro atoms. The van der Waals surface area contributed by atoms with Crippen molar-refractivity contribution in [3.8, 4) is 0 Å². The second kappa shape index (κ2) is 10.8. The normalized spacial score (nSPS) is 11.4. The van der Waals surface area contributed by atoms with Gasteiger partial charge in [-0.1, -0.05) is 36.4 Å². The van der Waals surface area contributed by atoms with E-state index in [-0.39, 0.29) is 5.75 Å². The largest absolute Gasteiger partial charge is 0.329 e. The number of hydrogen-bond acceptors (Lipinski definition) is 8. The number of rotatable bonds is 9. The van der Waals surface area contributed by atoms with Crippen molar-refractivity contribution in [3.05, 3.63) is 96.7 Å². The molecule has 0 bridgehead atoms. The molecule has 40 heavy (non-hydrogen) atoms. The van der Waals surface area contributed by atoms with Gasteiger partial charge in [-0.3, -0.25) is 0 Å². The molecule has 0 saturated carbocycles. The SMILES string of the molecule is C=C(C)c1ccc(Nc2nc3cc(N(C)c4ccnc(Nc5ccc(CS(N)(=O)=O)cc5)n4)ccc3n2C)cc1. The average molecular weight is 555 g/mol. The van der Waals surface area contributed by atoms with Gasteiger partial charge < -0.3 is 20.1 Å². The summed E-state index contributed by atoms with van der Waals surface area (Å²) in [7, 11) is 0.324. The Kier molecular flexibility index (Phi) is 7.24. The Hall–Kier alpha value is -4.74. The van der Waals surface area contributed by atoms with E-state index in [2.05, 4.69) is 27.2 Å². The molecule has 0 saturated heterocycles. The van der Waals surface area contributed by atoms with Crippen LogP contribution in [0.3, 0.4) is 0 Å². The van der Waals surface area contributed by atoms with Crippen LogP contribution in [0.5, 0.6) is 0 Å². The fourth-order valence-electron chi connectivity index (χ4n) is 4.25. The van der Waals surface area contributed by atoms with E-state index < -0.39 is 10.0 Å². The van der Waals surface area contributed by atoms with Gasteiger partial charge in [-0.15, -0.1) is 0 Å². The highest BCUT2D eigenvalue weighted by molar-refractivity contribution is 7.88. The van der Waals surface area contributed by atoms with Crippen molar-refractivity contribution in [1.82, 2.24) is 19.5 Å². The van der Waals surface area contributed by atoms with E-state index in [1.807, 2.05) is 79.0 Å². The monoisotopic (exact) mass is 554 g/mol. The van der Waals surface area contributed by atoms with Crippen molar-refractivity contribution in [3.63, 3.8) is 0 Å². The third kappa shape index (κ3) is 6.11. The maximum absolute atomic E-state index is 11.3. The van der Waals surface area contributed by atoms with E-state index in [9.17, 15) is 8.42 Å². The van der Waals surface area contributed by atoms with Gasteiger partial charge in [0.1, 0.15) is 5.82 Å². The Labute approximate surface area is 233 Å². The lowest BCUT2D eigenvalue weighted by Gasteiger charge is -2.19. The number of nitrogens with one attached hydrogen (secondary N) is 2. The van der Waals surface area contributed by atoms with E-state index in [0.29, 0.717) is 17.3 Å². The first-order valence-corrected chi connectivity index (χ1v) is 14.2. The van der Waals surface area contributed by atoms with Crippen molar-refractivity contribution in [2.75, 3.05) is 22.6 Å². The molecule has 5 aromatic rings. The first-order valence-electron chi connectivity index (χ1n) is 12.5. The number of hydrogen-bond donors (Lipinski definition) is 3. The predicted molar refractivity (Wildman–Crippen MR) is 162 cm³/mol. The number of nitrogens with two attached hydrogens (primary N) is 1. The molecular formula is C29H30N8O2S. The molecule has 2 aromatic heterocycles. The molecule has 4 N–H and O–H groups in total. The van der Waals surface area contributed by atoms with Crippen LogP contribution >= 0.6 is 0 Å². The number of primary sulfonamides is 1. The number of imidazole rings is 1. The lowest BCUT2D eigenvalue weighted by Crippen LogP contribution is -2.14. The standard InChI is InChI=1S/C29H30N8O2S/c1-19(2)21-7-11-23(12-8-21)33-29-34-25-17-24(13-14-26(25)37(29)4)36(3)27-15-16-31-28(35-27)32-22-9-5-20(6-10-22)18-40(30,38)39/h5-17H,1,18H2,2-4H3,(H,33,34)(H2,30,38,39)(H,31,32,35). The number of nitrogens with zero attached hydrogens (tertiary/aromatic N) is 5. The second-order valence-corrected chi connectivity index (χ2v) is 11.2. The van der Waals surface area contributed by atoms with Crippen LogP contribution in [0, 0.1) is 0 Å². The zero-order valence-electron chi connectivity index (χ0n) is 22.5. The lowest BCUT2D eigenvalue weighted by molar-refractivity contribution is 0.597. The van der Waals surface area contributed by atoms with Crippen LogP contribution < -0.4 is 20.7 Å². The highest BCUT2D eigenvalue weighted by atomic mass is 32.2. The number of benzene rings is 3. The summed E-state index contributed by atoms with van der Waals surface area (Å²) in [5.74, 6) is 1.62. The van der Waals surface area contributed by atoms with E-state index in [1.165, 1.54) is 0 Å². The molecule has 0 radical (unpaired) electrons. The minimum Gasteiger partial charge on any atom is -0.329 e. The highest BCUT2D eigenvalue weighted by Gasteiger charge is 2.13. The molecule has 10 nitrogen and oxygen atoms in total. The Morgan fingerprint density at radius 3 is 2.33 bits per heavy atom. The predicted octanol–water partition coefficient (Wildman–Crippen LogP) is 5.44. The topological polar surface area (TPSA) is 131 Å². The van der Waals surface area contributed by atoms with Crippen molar-refractivity contribution in [2.24, 2.45) is 12.2 Å². The summed E-state index contributed by atoms with van der Waals surface area (Å²) in [5.41, 5.74) is 7.15. The summed E-state index contributed by atoms with van der Waals surface area (Å²) >= 11 is 0. The average Bonchev–Trinajstić information content (AvgIpc) is 3.23. The van der Waals surface area contributed by atoms with Gasteiger partial charge in [-0.05, 0) is 66.6 Å². The van der Waals surface area contributed by atoms with Crippen LogP contribution in [-0.2, 0) is 22.8 Å². The Morgan fingerprint density at radius 2 is 1.65 bits per heavy atom. The maximum Gasteiger partial charge on any atom is 0.229 e. The van der Waals surface area contributed by atoms with Crippen LogP contribution in [0.2, 0.25) is 0 Å². The maximum atomic E-state index is 11.3. The molecule has 2 heterocycles. The molecule has 5 rings (SSSR count). The van der Waals surface area contributed by atoms with Crippen LogP contribution in [0.15, 0.2) is 85.6 Å². The van der Waals surface area contributed by atoms with Crippen molar-refractivity contribution >= 4 is 61.4 Å². The molecule has 0 fully saturated rings. The minimum atomic E-state index is -3.59. The summed E-state index contributed by atoms with van der Waals surface area (Å²) in [5, 5.41) is 11.7. The van der Waals surface area contributed by atoms with Crippen molar-refractivity contribution in [2.45, 2.75) is 12.7 Å². The molecule has 204 valence electrons. The van der Waals surface area contributed by atoms with Gasteiger partial charge in [-0.25, -0.2) is 23.5 Å². The van der Waals surface area contributed by atoms with Gasteiger partial charge in [-0.2, -0.15) is 4.98 Å². The van der Waals surface area contributed by atoms with Gasteiger partial charge in [0.2, 0.25) is 21.9 Å². The molecule has 0 aliphatic heterocycles. The molecule has 0 atom stereocenters. The molecule has 0 amide bonds. The van der Waals surface area contributed by atoms with E-state index in [0.717, 1.165) is 45.2 Å². The van der Waals surface area contributed by atoms with E-state index in [4.69, 9.17) is 10.1 Å². The molecule has 0 aliphatic carbocycles. The number of allylic oxidation sites excluding steroid dienone is 1. The van der Waals surface area contributed by atoms with Gasteiger partial charge >= 0.3 is 0 Å². The second-order valence-electron chi connectivity index (χ2n) is 9.58. The fourth-order valence-corrected chi connectivity index (χ4v) is 4.91. The number of sulfonamides is 1. The number of aromatic nitrogens is 4. The minimum absolute atomic E-state index is 0.217. The van der Waals surface area contributed by atoms with E-state index in [1.54, 1.807) is 30.5 Å². The Balaban J connectivity index is 1.33. The number of fused-ring (bicyclic) bond motifs is 1. The summed E-state index contributed by atoms with van der Waals surface area (Å²) in [6, 6.07) is 22.9. The quantitative estimate of drug-likeness (QED) is 0.220. The summed E-state index contributed by atoms with van der Waals surface area (Å²) in [6.07, 6.45) is 1.68. The van der Waals surface area contributed by atoms with Gasteiger partial charge in [0, 0.05) is 37.4 Å². The van der Waals surface area contributed by atoms with Gasteiger partial charge in [0.15, 0.2) is 0 Å². The van der Waals surface area contributed by atoms with Gasteiger partial charge in [0.05, 0.1) is 16.8 Å². The summed E-state index contributed by atoms with van der Waals surface area (Å²) in [6.45, 7) is 5.98. The summed E-state index contributed by atoms with van der Waals surface area (Å²) < 4.78 is 24.7. The lowest BCUT2D eigenvalue weighted by atomic mass is 10.1. The third-order valence-corrected chi connectivity index (χ3v) is 7.18. The van der Waals surface area contributed by atoms with Crippen LogP contribution in [0.25, 0.3) is 16.6 Å². The molecule has 11 heteroatoms. The molecule has 3 aromatic carbocycles. The third-order valence-electron chi connectivity index (χ3n) is 6.45. The smallest absolute Gasteiger partial charge is 0.229 e. The Bertz CT molecular complexity index is 1800. The summed E-state index contributed by atoms with van der Waals surface area (Å²) in [4.78, 5) is 15.7. The first kappa shape index (κ1) is 26.9. The van der Waals surface area contributed by atoms with Crippen LogP contribution in [0.4, 0.5) is 34.8 Å². The fraction of sp³-hybridized carbons (Fsp3) is 0.138. The highest BCUT2D eigenvalue weighted by Crippen LogP contribution is 2.29. The van der Waals surface area contributed by atoms with Crippen molar-refractivity contribution in [1.29, 1.82) is 0 Å². The Morgan fingerprint density at radius 1 is 0.975 bits per heavy atom. The number of aryl methyl sites for hydroxylation is 1. The molecule has 0 aliphatic rings. The zero-order chi connectivity index (χ0) is 28.4. The van der Waals surface area contributed by atoms with E-state index >= 15 is 0 Å². The zero-order valence-corrected chi connectivity index (χ0v) is 23.3. The van der Waals surface area contributed by atoms with Crippen LogP contribution in [0.1, 0.15) is 18.1 Å². The van der Waals surface area contributed by atoms with Crippen molar-refractivity contribution < 1.29 is 8.42 Å².